The van der Waals surface area contributed by atoms with Gasteiger partial charge in [-0.15, -0.1) is 0 Å². The molecular formula is C53H81FN4O19S. The maximum absolute atomic E-state index is 13.8. The summed E-state index contributed by atoms with van der Waals surface area (Å²) < 4.78 is 105. The van der Waals surface area contributed by atoms with Gasteiger partial charge in [-0.05, 0) is 58.6 Å². The number of aryl methyl sites for hydroxylation is 3. The lowest BCUT2D eigenvalue weighted by atomic mass is 9.93. The van der Waals surface area contributed by atoms with Crippen molar-refractivity contribution in [3.8, 4) is 0 Å². The van der Waals surface area contributed by atoms with Crippen molar-refractivity contribution in [1.29, 1.82) is 0 Å². The van der Waals surface area contributed by atoms with Gasteiger partial charge in [0, 0.05) is 76.3 Å². The molecule has 2 N–H and O–H groups in total. The summed E-state index contributed by atoms with van der Waals surface area (Å²) >= 11 is 0. The number of halogens is 1. The van der Waals surface area contributed by atoms with Crippen LogP contribution >= 0.6 is 0 Å². The van der Waals surface area contributed by atoms with Crippen LogP contribution in [0.3, 0.4) is 0 Å². The van der Waals surface area contributed by atoms with E-state index >= 15 is 0 Å². The Morgan fingerprint density at radius 3 is 1.62 bits per heavy atom. The van der Waals surface area contributed by atoms with Gasteiger partial charge in [-0.3, -0.25) is 32.0 Å². The molecule has 2 aromatic heterocycles. The van der Waals surface area contributed by atoms with Crippen LogP contribution in [0.4, 0.5) is 4.39 Å². The maximum atomic E-state index is 13.8. The third-order valence-corrected chi connectivity index (χ3v) is 15.8. The predicted octanol–water partition coefficient (Wildman–Crippen LogP) is 3.33. The molecule has 7 rings (SSSR count). The molecule has 23 nitrogen and oxygen atoms in total. The normalized spacial score (nSPS) is 23.1. The molecule has 0 bridgehead atoms. The van der Waals surface area contributed by atoms with Gasteiger partial charge in [0.25, 0.3) is 21.2 Å². The number of alkyl halides is 1. The molecule has 6 unspecified atom stereocenters. The van der Waals surface area contributed by atoms with Crippen LogP contribution < -0.4 is 22.5 Å². The lowest BCUT2D eigenvalue weighted by molar-refractivity contribution is -0.282. The van der Waals surface area contributed by atoms with Crippen molar-refractivity contribution < 1.29 is 74.6 Å². The highest BCUT2D eigenvalue weighted by atomic mass is 32.2. The first-order chi connectivity index (χ1) is 37.5. The van der Waals surface area contributed by atoms with Crippen molar-refractivity contribution in [1.82, 2.24) is 18.3 Å². The van der Waals surface area contributed by atoms with E-state index in [2.05, 4.69) is 0 Å². The highest BCUT2D eigenvalue weighted by Gasteiger charge is 2.46. The number of benzene rings is 1. The quantitative estimate of drug-likeness (QED) is 0.0574. The average molecular weight is 1130 g/mol. The zero-order chi connectivity index (χ0) is 56.3. The summed E-state index contributed by atoms with van der Waals surface area (Å²) in [5.41, 5.74) is -0.227. The van der Waals surface area contributed by atoms with E-state index in [-0.39, 0.29) is 97.1 Å². The number of methoxy groups -OCH3 is 2. The predicted molar refractivity (Wildman–Crippen MR) is 280 cm³/mol. The van der Waals surface area contributed by atoms with Gasteiger partial charge in [0.05, 0.1) is 103 Å². The summed E-state index contributed by atoms with van der Waals surface area (Å²) in [6.07, 6.45) is 8.96. The van der Waals surface area contributed by atoms with Crippen LogP contribution in [0, 0.1) is 20.8 Å². The molecule has 78 heavy (non-hydrogen) atoms. The third-order valence-electron chi connectivity index (χ3n) is 14.4. The van der Waals surface area contributed by atoms with E-state index in [0.29, 0.717) is 17.5 Å². The molecule has 6 atom stereocenters. The highest BCUT2D eigenvalue weighted by Crippen LogP contribution is 2.40. The van der Waals surface area contributed by atoms with E-state index in [9.17, 15) is 37.1 Å². The van der Waals surface area contributed by atoms with Crippen molar-refractivity contribution in [2.45, 2.75) is 164 Å². The number of ether oxygens (including phenoxy) is 10. The zero-order valence-corrected chi connectivity index (χ0v) is 46.5. The van der Waals surface area contributed by atoms with Crippen LogP contribution in [-0.4, -0.2) is 166 Å². The number of aliphatic hydroxyl groups excluding tert-OH is 2. The van der Waals surface area contributed by atoms with Crippen molar-refractivity contribution >= 4 is 10.1 Å². The van der Waals surface area contributed by atoms with Crippen LogP contribution in [0.2, 0.25) is 0 Å². The minimum absolute atomic E-state index is 0.00742. The summed E-state index contributed by atoms with van der Waals surface area (Å²) in [6, 6.07) is 6.40. The average Bonchev–Trinajstić information content (AvgIpc) is 4.06. The topological polar surface area (TPSA) is 264 Å². The Hall–Kier alpha value is -4.06. The molecule has 440 valence electrons. The molecule has 1 aromatic carbocycles. The summed E-state index contributed by atoms with van der Waals surface area (Å²) in [5.74, 6) is -1.40. The molecule has 2 aliphatic heterocycles. The summed E-state index contributed by atoms with van der Waals surface area (Å²) in [4.78, 5) is 51.8. The van der Waals surface area contributed by atoms with E-state index in [1.54, 1.807) is 46.4 Å². The molecular weight excluding hydrogens is 1050 g/mol. The molecule has 4 heterocycles. The third kappa shape index (κ3) is 17.2. The summed E-state index contributed by atoms with van der Waals surface area (Å²) in [5, 5.41) is 19.0. The molecule has 4 aliphatic rings. The largest absolute Gasteiger partial charge is 0.394 e. The lowest BCUT2D eigenvalue weighted by Crippen LogP contribution is -2.45. The lowest BCUT2D eigenvalue weighted by Gasteiger charge is -2.40. The minimum atomic E-state index is -3.87. The van der Waals surface area contributed by atoms with E-state index in [1.807, 2.05) is 6.92 Å². The van der Waals surface area contributed by atoms with Crippen LogP contribution in [0.5, 0.6) is 0 Å². The van der Waals surface area contributed by atoms with Crippen molar-refractivity contribution in [2.24, 2.45) is 0 Å². The summed E-state index contributed by atoms with van der Waals surface area (Å²) in [7, 11) is -0.507. The number of rotatable bonds is 29. The molecule has 2 saturated carbocycles. The number of hydrogen-bond acceptors (Lipinski definition) is 19. The van der Waals surface area contributed by atoms with Gasteiger partial charge in [-0.2, -0.15) is 8.42 Å². The Labute approximate surface area is 454 Å². The van der Waals surface area contributed by atoms with Crippen LogP contribution in [-0.2, 0) is 74.8 Å². The second kappa shape index (κ2) is 30.7. The molecule has 3 aromatic rings. The van der Waals surface area contributed by atoms with E-state index in [4.69, 9.17) is 56.7 Å². The summed E-state index contributed by atoms with van der Waals surface area (Å²) in [6.45, 7) is 5.42. The van der Waals surface area contributed by atoms with Crippen LogP contribution in [0.15, 0.2) is 60.7 Å². The Kier molecular flexibility index (Phi) is 24.8. The number of aromatic nitrogens is 4. The molecule has 4 fully saturated rings. The minimum Gasteiger partial charge on any atom is -0.394 e. The van der Waals surface area contributed by atoms with Gasteiger partial charge in [0.15, 0.2) is 11.6 Å². The first kappa shape index (κ1) is 63.1. The molecule has 0 radical (unpaired) electrons. The van der Waals surface area contributed by atoms with Gasteiger partial charge >= 0.3 is 11.4 Å². The molecule has 0 spiro atoms. The first-order valence-corrected chi connectivity index (χ1v) is 28.4. The van der Waals surface area contributed by atoms with Gasteiger partial charge in [-0.25, -0.2) is 14.0 Å². The van der Waals surface area contributed by atoms with Gasteiger partial charge in [0.1, 0.15) is 31.3 Å². The van der Waals surface area contributed by atoms with E-state index in [0.717, 1.165) is 78.9 Å². The maximum Gasteiger partial charge on any atom is 0.333 e. The van der Waals surface area contributed by atoms with E-state index < -0.39 is 87.7 Å². The van der Waals surface area contributed by atoms with Gasteiger partial charge in [-0.1, -0.05) is 30.5 Å². The standard InChI is InChI=1S/C37H56N2O12S.C16H25FN2O7/c1-28-11-13-30(14-12-28)52(42,43)49-24-23-47-22-21-46-20-19-38-34(40)29(2)26-39(35(38)41)33-25-31(51-37(45-4)17-9-6-10-18-37)32(50-33)27-48-36(44-3)15-7-5-8-16-36;1-11-9-19(14-8-12(21)13(10-20)26-14)16(23)18(15(11)22)3-5-25-7-6-24-4-2-17/h11-14,26,31-33H,5-10,15-25,27H2,1-4H3;9,12-14,20-21H,2-8,10H2,1H3/i;17-1. The zero-order valence-electron chi connectivity index (χ0n) is 45.7. The second-order valence-electron chi connectivity index (χ2n) is 19.9. The Morgan fingerprint density at radius 1 is 0.641 bits per heavy atom. The van der Waals surface area contributed by atoms with Crippen molar-refractivity contribution in [3.63, 3.8) is 0 Å². The van der Waals surface area contributed by atoms with Crippen molar-refractivity contribution in [3.05, 3.63) is 95.0 Å². The van der Waals surface area contributed by atoms with Gasteiger partial charge < -0.3 is 57.6 Å². The molecule has 25 heteroatoms. The first-order valence-electron chi connectivity index (χ1n) is 27.0. The number of nitrogens with zero attached hydrogens (tertiary/aromatic N) is 4. The fraction of sp³-hybridized carbons (Fsp3) is 0.736. The second-order valence-corrected chi connectivity index (χ2v) is 21.6. The highest BCUT2D eigenvalue weighted by molar-refractivity contribution is 7.86. The molecule has 2 aliphatic carbocycles. The monoisotopic (exact) mass is 1130 g/mol. The SMILES string of the molecule is COC1(OCC2OC(n3cc(C)c(=O)n(CCOCCOCCOS(=O)(=O)c4ccc(C)cc4)c3=O)CC2OC2(OC)CCCCC2)CCCCC1.Cc1cn(C2CC(O)C(CO)O2)c(=O)n(CCOCCOCC[18F])c1=O. The Bertz CT molecular complexity index is 2670. The van der Waals surface area contributed by atoms with E-state index in [1.165, 1.54) is 27.5 Å². The fourth-order valence-corrected chi connectivity index (χ4v) is 10.9. The van der Waals surface area contributed by atoms with Crippen LogP contribution in [0.1, 0.15) is 106 Å². The van der Waals surface area contributed by atoms with Crippen molar-refractivity contribution in [2.75, 3.05) is 93.6 Å². The Morgan fingerprint density at radius 2 is 1.12 bits per heavy atom. The van der Waals surface area contributed by atoms with Crippen LogP contribution in [0.25, 0.3) is 0 Å². The molecule has 2 saturated heterocycles. The fourth-order valence-electron chi connectivity index (χ4n) is 9.97. The number of hydrogen-bond donors (Lipinski definition) is 2. The van der Waals surface area contributed by atoms with Gasteiger partial charge in [0.2, 0.25) is 0 Å². The Balaban J connectivity index is 0.000000317. The molecule has 0 amide bonds. The smallest absolute Gasteiger partial charge is 0.333 e. The number of aliphatic hydroxyl groups is 2.